The van der Waals surface area contributed by atoms with Crippen molar-refractivity contribution in [2.75, 3.05) is 36.0 Å². The molecule has 1 amide bonds. The number of hydrogen-bond acceptors (Lipinski definition) is 7. The second-order valence-electron chi connectivity index (χ2n) is 8.05. The average molecular weight is 496 g/mol. The van der Waals surface area contributed by atoms with E-state index in [0.29, 0.717) is 0 Å². The molecule has 0 unspecified atom stereocenters. The predicted octanol–water partition coefficient (Wildman–Crippen LogP) is 4.41. The summed E-state index contributed by atoms with van der Waals surface area (Å²) in [6, 6.07) is 18.5. The van der Waals surface area contributed by atoms with Gasteiger partial charge >= 0.3 is 0 Å². The predicted molar refractivity (Wildman–Crippen MR) is 133 cm³/mol. The number of benzene rings is 3. The van der Waals surface area contributed by atoms with Gasteiger partial charge in [0.1, 0.15) is 0 Å². The first-order valence-electron chi connectivity index (χ1n) is 10.9. The molecular formula is C24H22ClN5O5. The van der Waals surface area contributed by atoms with Crippen LogP contribution in [0, 0.1) is 20.2 Å². The third-order valence-electron chi connectivity index (χ3n) is 5.81. The van der Waals surface area contributed by atoms with Gasteiger partial charge in [0, 0.05) is 61.3 Å². The molecule has 11 heteroatoms. The quantitative estimate of drug-likeness (QED) is 0.380. The Morgan fingerprint density at radius 3 is 1.71 bits per heavy atom. The lowest BCUT2D eigenvalue weighted by Crippen LogP contribution is -2.46. The van der Waals surface area contributed by atoms with Crippen molar-refractivity contribution in [1.29, 1.82) is 0 Å². The molecule has 1 aliphatic rings. The fourth-order valence-corrected chi connectivity index (χ4v) is 4.05. The molecule has 180 valence electrons. The van der Waals surface area contributed by atoms with E-state index in [1.54, 1.807) is 0 Å². The highest BCUT2D eigenvalue weighted by Gasteiger charge is 2.20. The van der Waals surface area contributed by atoms with E-state index in [9.17, 15) is 25.0 Å². The molecule has 0 radical (unpaired) electrons. The van der Waals surface area contributed by atoms with E-state index in [-0.39, 0.29) is 12.1 Å². The molecular weight excluding hydrogens is 474 g/mol. The molecule has 1 heterocycles. The molecule has 0 spiro atoms. The van der Waals surface area contributed by atoms with E-state index < -0.39 is 27.1 Å². The van der Waals surface area contributed by atoms with Crippen LogP contribution in [-0.4, -0.2) is 41.9 Å². The van der Waals surface area contributed by atoms with Gasteiger partial charge in [0.2, 0.25) is 0 Å². The van der Waals surface area contributed by atoms with Crippen LogP contribution < -0.4 is 15.1 Å². The number of carbonyl (C=O) groups is 1. The highest BCUT2D eigenvalue weighted by atomic mass is 35.5. The fraction of sp³-hybridized carbons (Fsp3) is 0.208. The van der Waals surface area contributed by atoms with Crippen molar-refractivity contribution >= 4 is 40.3 Å². The number of nitro benzene ring substituents is 2. The summed E-state index contributed by atoms with van der Waals surface area (Å²) >= 11 is 5.97. The van der Waals surface area contributed by atoms with E-state index in [2.05, 4.69) is 15.1 Å². The van der Waals surface area contributed by atoms with Crippen LogP contribution in [-0.2, 0) is 6.54 Å². The van der Waals surface area contributed by atoms with Gasteiger partial charge in [0.25, 0.3) is 17.3 Å². The van der Waals surface area contributed by atoms with Crippen molar-refractivity contribution in [1.82, 2.24) is 5.32 Å². The third-order valence-corrected chi connectivity index (χ3v) is 6.06. The maximum absolute atomic E-state index is 12.5. The van der Waals surface area contributed by atoms with Gasteiger partial charge in [-0.05, 0) is 42.0 Å². The molecule has 0 atom stereocenters. The molecule has 1 N–H and O–H groups in total. The minimum atomic E-state index is -0.766. The molecule has 1 fully saturated rings. The smallest absolute Gasteiger partial charge is 0.277 e. The van der Waals surface area contributed by atoms with E-state index >= 15 is 0 Å². The van der Waals surface area contributed by atoms with Crippen molar-refractivity contribution in [3.63, 3.8) is 0 Å². The number of nitrogens with zero attached hydrogens (tertiary/aromatic N) is 4. The summed E-state index contributed by atoms with van der Waals surface area (Å²) < 4.78 is 0. The molecule has 10 nitrogen and oxygen atoms in total. The van der Waals surface area contributed by atoms with Gasteiger partial charge in [-0.15, -0.1) is 0 Å². The highest BCUT2D eigenvalue weighted by Crippen LogP contribution is 2.24. The first-order valence-corrected chi connectivity index (χ1v) is 11.2. The molecule has 0 aromatic heterocycles. The normalized spacial score (nSPS) is 13.4. The number of carbonyl (C=O) groups excluding carboxylic acids is 1. The van der Waals surface area contributed by atoms with Gasteiger partial charge in [-0.3, -0.25) is 25.0 Å². The third kappa shape index (κ3) is 5.85. The van der Waals surface area contributed by atoms with Crippen molar-refractivity contribution < 1.29 is 14.6 Å². The monoisotopic (exact) mass is 495 g/mol. The van der Waals surface area contributed by atoms with Gasteiger partial charge in [0.05, 0.1) is 21.5 Å². The molecule has 4 rings (SSSR count). The number of amides is 1. The van der Waals surface area contributed by atoms with Gasteiger partial charge < -0.3 is 15.1 Å². The van der Waals surface area contributed by atoms with E-state index in [4.69, 9.17) is 11.6 Å². The Balaban J connectivity index is 1.34. The van der Waals surface area contributed by atoms with E-state index in [1.165, 1.54) is 0 Å². The molecule has 0 aliphatic carbocycles. The number of nitrogens with one attached hydrogen (secondary N) is 1. The van der Waals surface area contributed by atoms with Crippen LogP contribution >= 0.6 is 11.6 Å². The largest absolute Gasteiger partial charge is 0.368 e. The first kappa shape index (κ1) is 24.0. The van der Waals surface area contributed by atoms with Gasteiger partial charge in [0.15, 0.2) is 0 Å². The van der Waals surface area contributed by atoms with Gasteiger partial charge in [-0.2, -0.15) is 0 Å². The summed E-state index contributed by atoms with van der Waals surface area (Å²) in [6.45, 7) is 3.68. The number of hydrogen-bond donors (Lipinski definition) is 1. The Hall–Kier alpha value is -4.18. The standard InChI is InChI=1S/C24H22ClN5O5/c25-19-3-7-21(8-4-19)28-11-9-27(10-12-28)20-5-1-17(2-6-20)16-26-24(31)18-13-22(29(32)33)15-23(14-18)30(34)35/h1-8,13-15H,9-12,16H2,(H,26,31). The van der Waals surface area contributed by atoms with Crippen molar-refractivity contribution in [3.8, 4) is 0 Å². The van der Waals surface area contributed by atoms with Crippen LogP contribution in [0.25, 0.3) is 0 Å². The minimum absolute atomic E-state index is 0.138. The SMILES string of the molecule is O=C(NCc1ccc(N2CCN(c3ccc(Cl)cc3)CC2)cc1)c1cc([N+](=O)[O-])cc([N+](=O)[O-])c1. The van der Waals surface area contributed by atoms with Crippen LogP contribution in [0.15, 0.2) is 66.7 Å². The lowest BCUT2D eigenvalue weighted by Gasteiger charge is -2.37. The molecule has 0 bridgehead atoms. The first-order chi connectivity index (χ1) is 16.8. The summed E-state index contributed by atoms with van der Waals surface area (Å²) in [4.78, 5) is 37.6. The van der Waals surface area contributed by atoms with Crippen LogP contribution in [0.3, 0.4) is 0 Å². The Bertz CT molecular complexity index is 1210. The zero-order valence-electron chi connectivity index (χ0n) is 18.6. The number of anilines is 2. The Kier molecular flexibility index (Phi) is 7.11. The minimum Gasteiger partial charge on any atom is -0.368 e. The number of non-ortho nitro benzene ring substituents is 2. The Labute approximate surface area is 206 Å². The van der Waals surface area contributed by atoms with Crippen molar-refractivity contribution in [3.05, 3.63) is 103 Å². The number of rotatable bonds is 7. The summed E-state index contributed by atoms with van der Waals surface area (Å²) in [7, 11) is 0. The second-order valence-corrected chi connectivity index (χ2v) is 8.49. The summed E-state index contributed by atoms with van der Waals surface area (Å²) in [5.74, 6) is -0.626. The lowest BCUT2D eigenvalue weighted by atomic mass is 10.1. The zero-order valence-corrected chi connectivity index (χ0v) is 19.4. The van der Waals surface area contributed by atoms with E-state index in [0.717, 1.165) is 66.3 Å². The van der Waals surface area contributed by atoms with Crippen LogP contribution in [0.2, 0.25) is 5.02 Å². The molecule has 35 heavy (non-hydrogen) atoms. The molecule has 0 saturated carbocycles. The van der Waals surface area contributed by atoms with Gasteiger partial charge in [-0.1, -0.05) is 23.7 Å². The van der Waals surface area contributed by atoms with Crippen LogP contribution in [0.4, 0.5) is 22.7 Å². The van der Waals surface area contributed by atoms with E-state index in [1.807, 2.05) is 48.5 Å². The molecule has 3 aromatic rings. The van der Waals surface area contributed by atoms with Crippen LogP contribution in [0.5, 0.6) is 0 Å². The Morgan fingerprint density at radius 1 is 0.800 bits per heavy atom. The lowest BCUT2D eigenvalue weighted by molar-refractivity contribution is -0.394. The maximum atomic E-state index is 12.5. The molecule has 1 saturated heterocycles. The van der Waals surface area contributed by atoms with Gasteiger partial charge in [-0.25, -0.2) is 0 Å². The zero-order chi connectivity index (χ0) is 24.9. The molecule has 3 aromatic carbocycles. The summed E-state index contributed by atoms with van der Waals surface area (Å²) in [5, 5.41) is 25.4. The van der Waals surface area contributed by atoms with Crippen molar-refractivity contribution in [2.45, 2.75) is 6.54 Å². The average Bonchev–Trinajstić information content (AvgIpc) is 2.88. The number of piperazine rings is 1. The van der Waals surface area contributed by atoms with Crippen molar-refractivity contribution in [2.24, 2.45) is 0 Å². The van der Waals surface area contributed by atoms with Crippen LogP contribution in [0.1, 0.15) is 15.9 Å². The molecule has 1 aliphatic heterocycles. The highest BCUT2D eigenvalue weighted by molar-refractivity contribution is 6.30. The maximum Gasteiger partial charge on any atom is 0.277 e. The topological polar surface area (TPSA) is 122 Å². The Morgan fingerprint density at radius 2 is 1.26 bits per heavy atom. The second kappa shape index (κ2) is 10.4. The number of nitro groups is 2. The summed E-state index contributed by atoms with van der Waals surface area (Å²) in [5.41, 5.74) is 1.90. The fourth-order valence-electron chi connectivity index (χ4n) is 3.92. The number of halogens is 1. The summed E-state index contributed by atoms with van der Waals surface area (Å²) in [6.07, 6.45) is 0.